The zero-order chi connectivity index (χ0) is 14.8. The molecule has 0 spiro atoms. The second-order valence-electron chi connectivity index (χ2n) is 4.89. The van der Waals surface area contributed by atoms with Gasteiger partial charge in [0.1, 0.15) is 0 Å². The Morgan fingerprint density at radius 3 is 2.45 bits per heavy atom. The predicted molar refractivity (Wildman–Crippen MR) is 86.1 cm³/mol. The van der Waals surface area contributed by atoms with E-state index in [1.807, 2.05) is 18.2 Å². The number of nitrogens with one attached hydrogen (secondary N) is 1. The molecule has 1 aliphatic rings. The largest absolute Gasteiger partial charge is 0.349 e. The molecular weight excluding hydrogens is 391 g/mol. The van der Waals surface area contributed by atoms with Crippen LogP contribution in [0.4, 0.5) is 0 Å². The van der Waals surface area contributed by atoms with E-state index in [1.54, 1.807) is 6.07 Å². The van der Waals surface area contributed by atoms with Crippen LogP contribution in [-0.4, -0.2) is 44.0 Å². The van der Waals surface area contributed by atoms with Crippen LogP contribution >= 0.6 is 22.6 Å². The number of nitrogens with zero attached hydrogens (tertiary/aromatic N) is 1. The number of sulfonamides is 1. The van der Waals surface area contributed by atoms with Crippen molar-refractivity contribution in [3.63, 3.8) is 0 Å². The van der Waals surface area contributed by atoms with E-state index in [-0.39, 0.29) is 11.9 Å². The summed E-state index contributed by atoms with van der Waals surface area (Å²) in [5.74, 6) is -0.0900. The van der Waals surface area contributed by atoms with Gasteiger partial charge in [-0.25, -0.2) is 12.7 Å². The molecule has 5 nitrogen and oxygen atoms in total. The van der Waals surface area contributed by atoms with Gasteiger partial charge in [0, 0.05) is 22.7 Å². The average Bonchev–Trinajstić information content (AvgIpc) is 2.38. The van der Waals surface area contributed by atoms with E-state index in [2.05, 4.69) is 27.9 Å². The number of hydrogen-bond acceptors (Lipinski definition) is 3. The molecule has 1 aromatic carbocycles. The first-order valence-electron chi connectivity index (χ1n) is 6.38. The lowest BCUT2D eigenvalue weighted by Gasteiger charge is -2.30. The Hall–Kier alpha value is -0.670. The van der Waals surface area contributed by atoms with Crippen molar-refractivity contribution in [1.29, 1.82) is 0 Å². The Kier molecular flexibility index (Phi) is 5.03. The highest BCUT2D eigenvalue weighted by Gasteiger charge is 2.26. The molecule has 1 N–H and O–H groups in total. The third kappa shape index (κ3) is 3.92. The van der Waals surface area contributed by atoms with Crippen molar-refractivity contribution in [1.82, 2.24) is 9.62 Å². The number of amides is 1. The SMILES string of the molecule is CS(=O)(=O)N1CCC(NC(=O)c2ccccc2I)CC1. The summed E-state index contributed by atoms with van der Waals surface area (Å²) < 4.78 is 25.2. The molecule has 1 saturated heterocycles. The van der Waals surface area contributed by atoms with E-state index in [1.165, 1.54) is 10.6 Å². The van der Waals surface area contributed by atoms with Crippen molar-refractivity contribution in [2.24, 2.45) is 0 Å². The minimum Gasteiger partial charge on any atom is -0.349 e. The molecular formula is C13H17IN2O3S. The Labute approximate surface area is 132 Å². The number of hydrogen-bond donors (Lipinski definition) is 1. The van der Waals surface area contributed by atoms with Gasteiger partial charge in [-0.15, -0.1) is 0 Å². The normalized spacial score (nSPS) is 17.9. The molecule has 0 unspecified atom stereocenters. The van der Waals surface area contributed by atoms with Crippen molar-refractivity contribution < 1.29 is 13.2 Å². The molecule has 2 rings (SSSR count). The molecule has 0 saturated carbocycles. The molecule has 0 bridgehead atoms. The van der Waals surface area contributed by atoms with Gasteiger partial charge < -0.3 is 5.32 Å². The standard InChI is InChI=1S/C13H17IN2O3S/c1-20(18,19)16-8-6-10(7-9-16)15-13(17)11-4-2-3-5-12(11)14/h2-5,10H,6-9H2,1H3,(H,15,17). The van der Waals surface area contributed by atoms with Gasteiger partial charge in [0.25, 0.3) is 5.91 Å². The van der Waals surface area contributed by atoms with Gasteiger partial charge in [0.15, 0.2) is 0 Å². The van der Waals surface area contributed by atoms with Crippen LogP contribution in [0.15, 0.2) is 24.3 Å². The Morgan fingerprint density at radius 1 is 1.30 bits per heavy atom. The Bertz CT molecular complexity index is 595. The van der Waals surface area contributed by atoms with Crippen LogP contribution in [0.1, 0.15) is 23.2 Å². The average molecular weight is 408 g/mol. The third-order valence-corrected chi connectivity index (χ3v) is 5.62. The van der Waals surface area contributed by atoms with Crippen LogP contribution in [0.25, 0.3) is 0 Å². The quantitative estimate of drug-likeness (QED) is 0.770. The van der Waals surface area contributed by atoms with E-state index >= 15 is 0 Å². The summed E-state index contributed by atoms with van der Waals surface area (Å²) in [7, 11) is -3.12. The van der Waals surface area contributed by atoms with Crippen molar-refractivity contribution in [3.05, 3.63) is 33.4 Å². The van der Waals surface area contributed by atoms with E-state index in [0.717, 1.165) is 3.57 Å². The first-order chi connectivity index (χ1) is 9.38. The fourth-order valence-corrected chi connectivity index (χ4v) is 3.75. The zero-order valence-electron chi connectivity index (χ0n) is 11.2. The van der Waals surface area contributed by atoms with Gasteiger partial charge in [0.05, 0.1) is 11.8 Å². The van der Waals surface area contributed by atoms with Crippen LogP contribution in [0.5, 0.6) is 0 Å². The first kappa shape index (κ1) is 15.7. The molecule has 1 amide bonds. The maximum atomic E-state index is 12.2. The van der Waals surface area contributed by atoms with Crippen LogP contribution in [0, 0.1) is 3.57 Å². The van der Waals surface area contributed by atoms with Gasteiger partial charge in [-0.3, -0.25) is 4.79 Å². The summed E-state index contributed by atoms with van der Waals surface area (Å²) in [6.45, 7) is 0.936. The number of rotatable bonds is 3. The maximum Gasteiger partial charge on any atom is 0.252 e. The van der Waals surface area contributed by atoms with Crippen molar-refractivity contribution in [2.75, 3.05) is 19.3 Å². The first-order valence-corrected chi connectivity index (χ1v) is 9.31. The fraction of sp³-hybridized carbons (Fsp3) is 0.462. The van der Waals surface area contributed by atoms with Crippen LogP contribution in [0.2, 0.25) is 0 Å². The van der Waals surface area contributed by atoms with E-state index in [0.29, 0.717) is 31.5 Å². The topological polar surface area (TPSA) is 66.5 Å². The molecule has 1 aliphatic heterocycles. The van der Waals surface area contributed by atoms with Crippen molar-refractivity contribution in [3.8, 4) is 0 Å². The fourth-order valence-electron chi connectivity index (χ4n) is 2.24. The highest BCUT2D eigenvalue weighted by atomic mass is 127. The molecule has 110 valence electrons. The monoisotopic (exact) mass is 408 g/mol. The van der Waals surface area contributed by atoms with E-state index in [4.69, 9.17) is 0 Å². The summed E-state index contributed by atoms with van der Waals surface area (Å²) in [4.78, 5) is 12.2. The highest BCUT2D eigenvalue weighted by molar-refractivity contribution is 14.1. The van der Waals surface area contributed by atoms with Crippen LogP contribution < -0.4 is 5.32 Å². The second-order valence-corrected chi connectivity index (χ2v) is 8.03. The minimum absolute atomic E-state index is 0.0384. The summed E-state index contributed by atoms with van der Waals surface area (Å²) in [6, 6.07) is 7.45. The smallest absolute Gasteiger partial charge is 0.252 e. The lowest BCUT2D eigenvalue weighted by atomic mass is 10.1. The lowest BCUT2D eigenvalue weighted by Crippen LogP contribution is -2.46. The summed E-state index contributed by atoms with van der Waals surface area (Å²) in [6.07, 6.45) is 2.53. The Balaban J connectivity index is 1.93. The number of piperidine rings is 1. The summed E-state index contributed by atoms with van der Waals surface area (Å²) >= 11 is 2.14. The molecule has 7 heteroatoms. The number of carbonyl (C=O) groups is 1. The molecule has 0 radical (unpaired) electrons. The maximum absolute atomic E-state index is 12.2. The van der Waals surface area contributed by atoms with Crippen molar-refractivity contribution >= 4 is 38.5 Å². The summed E-state index contributed by atoms with van der Waals surface area (Å²) in [5.41, 5.74) is 0.665. The lowest BCUT2D eigenvalue weighted by molar-refractivity contribution is 0.0923. The Morgan fingerprint density at radius 2 is 1.90 bits per heavy atom. The third-order valence-electron chi connectivity index (χ3n) is 3.38. The highest BCUT2D eigenvalue weighted by Crippen LogP contribution is 2.15. The second kappa shape index (κ2) is 6.40. The molecule has 1 heterocycles. The zero-order valence-corrected chi connectivity index (χ0v) is 14.1. The van der Waals surface area contributed by atoms with E-state index < -0.39 is 10.0 Å². The number of benzene rings is 1. The van der Waals surface area contributed by atoms with Gasteiger partial charge >= 0.3 is 0 Å². The van der Waals surface area contributed by atoms with Gasteiger partial charge in [-0.05, 0) is 47.6 Å². The van der Waals surface area contributed by atoms with Crippen LogP contribution in [-0.2, 0) is 10.0 Å². The minimum atomic E-state index is -3.12. The van der Waals surface area contributed by atoms with E-state index in [9.17, 15) is 13.2 Å². The predicted octanol–water partition coefficient (Wildman–Crippen LogP) is 1.44. The molecule has 20 heavy (non-hydrogen) atoms. The molecule has 1 aromatic rings. The number of carbonyl (C=O) groups excluding carboxylic acids is 1. The van der Waals surface area contributed by atoms with Gasteiger partial charge in [-0.2, -0.15) is 0 Å². The molecule has 0 atom stereocenters. The number of halogens is 1. The molecule has 0 aliphatic carbocycles. The molecule has 1 fully saturated rings. The molecule has 0 aromatic heterocycles. The van der Waals surface area contributed by atoms with Crippen LogP contribution in [0.3, 0.4) is 0 Å². The van der Waals surface area contributed by atoms with Gasteiger partial charge in [0.2, 0.25) is 10.0 Å². The van der Waals surface area contributed by atoms with Crippen molar-refractivity contribution in [2.45, 2.75) is 18.9 Å². The van der Waals surface area contributed by atoms with Gasteiger partial charge in [-0.1, -0.05) is 12.1 Å². The summed E-state index contributed by atoms with van der Waals surface area (Å²) in [5, 5.41) is 2.98.